The number of amides is 1. The molecule has 0 fully saturated rings. The van der Waals surface area contributed by atoms with Crippen LogP contribution >= 0.6 is 0 Å². The van der Waals surface area contributed by atoms with Crippen LogP contribution in [0.3, 0.4) is 0 Å². The number of hydrazone groups is 1. The smallest absolute Gasteiger partial charge is 0.268 e. The Morgan fingerprint density at radius 3 is 2.04 bits per heavy atom. The molecule has 3 aromatic rings. The van der Waals surface area contributed by atoms with Crippen LogP contribution in [0.5, 0.6) is 0 Å². The van der Waals surface area contributed by atoms with Crippen molar-refractivity contribution in [3.05, 3.63) is 95.1 Å². The first-order valence-corrected chi connectivity index (χ1v) is 9.06. The van der Waals surface area contributed by atoms with Gasteiger partial charge in [0.05, 0.1) is 0 Å². The maximum atomic E-state index is 12.7. The second-order valence-corrected chi connectivity index (χ2v) is 7.22. The van der Waals surface area contributed by atoms with Gasteiger partial charge in [0.1, 0.15) is 5.92 Å². The Morgan fingerprint density at radius 1 is 0.769 bits per heavy atom. The van der Waals surface area contributed by atoms with Crippen molar-refractivity contribution in [1.29, 1.82) is 0 Å². The van der Waals surface area contributed by atoms with Crippen LogP contribution in [-0.2, 0) is 11.2 Å². The van der Waals surface area contributed by atoms with Crippen molar-refractivity contribution in [2.45, 2.75) is 12.5 Å². The van der Waals surface area contributed by atoms with Gasteiger partial charge in [-0.1, -0.05) is 71.4 Å². The van der Waals surface area contributed by atoms with E-state index in [1.165, 1.54) is 33.4 Å². The van der Waals surface area contributed by atoms with Crippen LogP contribution in [0.1, 0.15) is 28.3 Å². The third-order valence-electron chi connectivity index (χ3n) is 5.91. The number of fused-ring (bicyclic) bond motifs is 6. The number of rotatable bonds is 1. The summed E-state index contributed by atoms with van der Waals surface area (Å²) in [5.41, 5.74) is 11.8. The predicted octanol–water partition coefficient (Wildman–Crippen LogP) is 3.48. The number of nitrogens with zero attached hydrogens (tertiary/aromatic N) is 1. The maximum absolute atomic E-state index is 12.7. The normalized spacial score (nSPS) is 19.8. The van der Waals surface area contributed by atoms with Gasteiger partial charge in [-0.3, -0.25) is 4.79 Å². The fraction of sp³-hybridized carbons (Fsp3) is 0.130. The molecule has 0 saturated heterocycles. The highest BCUT2D eigenvalue weighted by atomic mass is 16.2. The van der Waals surface area contributed by atoms with Crippen LogP contribution in [0, 0.1) is 5.92 Å². The number of hydrazine groups is 1. The number of hydrogen-bond acceptors (Lipinski definition) is 1. The molecular weight excluding hydrogens is 320 g/mol. The zero-order valence-electron chi connectivity index (χ0n) is 14.1. The van der Waals surface area contributed by atoms with Crippen LogP contribution in [0.15, 0.2) is 72.8 Å². The average Bonchev–Trinajstić information content (AvgIpc) is 3.32. The van der Waals surface area contributed by atoms with Crippen molar-refractivity contribution in [1.82, 2.24) is 5.43 Å². The number of carbonyl (C=O) groups excluding carboxylic acids is 1. The summed E-state index contributed by atoms with van der Waals surface area (Å²) in [7, 11) is 0. The summed E-state index contributed by atoms with van der Waals surface area (Å²) >= 11 is 0. The van der Waals surface area contributed by atoms with E-state index in [9.17, 15) is 4.79 Å². The summed E-state index contributed by atoms with van der Waals surface area (Å²) in [5, 5.41) is 0. The molecule has 0 spiro atoms. The minimum atomic E-state index is -0.0766. The van der Waals surface area contributed by atoms with E-state index in [1.54, 1.807) is 0 Å². The van der Waals surface area contributed by atoms with E-state index in [1.807, 2.05) is 0 Å². The van der Waals surface area contributed by atoms with Crippen LogP contribution in [0.4, 0.5) is 0 Å². The van der Waals surface area contributed by atoms with Crippen LogP contribution < -0.4 is 5.43 Å². The number of benzene rings is 3. The first-order chi connectivity index (χ1) is 12.8. The Morgan fingerprint density at radius 2 is 1.35 bits per heavy atom. The summed E-state index contributed by atoms with van der Waals surface area (Å²) < 4.78 is 2.13. The van der Waals surface area contributed by atoms with Gasteiger partial charge in [-0.25, -0.2) is 0 Å². The topological polar surface area (TPSA) is 32.1 Å². The summed E-state index contributed by atoms with van der Waals surface area (Å²) in [6, 6.07) is 25.5. The molecule has 3 aromatic carbocycles. The van der Waals surface area contributed by atoms with E-state index >= 15 is 0 Å². The van der Waals surface area contributed by atoms with E-state index in [-0.39, 0.29) is 17.9 Å². The fourth-order valence-corrected chi connectivity index (χ4v) is 4.83. The van der Waals surface area contributed by atoms with Gasteiger partial charge in [0.25, 0.3) is 5.91 Å². The standard InChI is InChI=1S/C23H16N2O/c26-23-20-13-14-7-1-2-8-15(14)21(20)25(24-23)22-18-11-5-3-9-16(18)17-10-4-6-12-19(17)22/h1-12,20,22H,13H2/p+1/t20-/m0/s1. The van der Waals surface area contributed by atoms with Gasteiger partial charge in [-0.2, -0.15) is 0 Å². The highest BCUT2D eigenvalue weighted by Crippen LogP contribution is 2.46. The summed E-state index contributed by atoms with van der Waals surface area (Å²) in [4.78, 5) is 12.7. The molecule has 3 aliphatic rings. The van der Waals surface area contributed by atoms with Gasteiger partial charge >= 0.3 is 0 Å². The summed E-state index contributed by atoms with van der Waals surface area (Å²) in [6.07, 6.45) is 0.795. The minimum absolute atomic E-state index is 0.0255. The molecule has 1 atom stereocenters. The van der Waals surface area contributed by atoms with Crippen molar-refractivity contribution in [2.24, 2.45) is 5.92 Å². The Kier molecular flexibility index (Phi) is 2.65. The number of hydrogen-bond donors (Lipinski definition) is 1. The SMILES string of the molecule is O=C1N[N+](C2c3ccccc3-c3ccccc32)=C2c3ccccc3C[C@H]12. The zero-order chi connectivity index (χ0) is 17.3. The lowest BCUT2D eigenvalue weighted by molar-refractivity contribution is -0.600. The van der Waals surface area contributed by atoms with Crippen molar-refractivity contribution < 1.29 is 9.48 Å². The van der Waals surface area contributed by atoms with Crippen molar-refractivity contribution >= 4 is 11.6 Å². The molecule has 124 valence electrons. The molecule has 1 amide bonds. The highest BCUT2D eigenvalue weighted by molar-refractivity contribution is 6.15. The number of nitrogens with one attached hydrogen (secondary N) is 1. The minimum Gasteiger partial charge on any atom is -0.268 e. The first kappa shape index (κ1) is 14.0. The molecule has 2 aliphatic carbocycles. The number of carbonyl (C=O) groups is 1. The molecule has 1 heterocycles. The monoisotopic (exact) mass is 337 g/mol. The second kappa shape index (κ2) is 4.92. The van der Waals surface area contributed by atoms with Crippen molar-refractivity contribution in [2.75, 3.05) is 0 Å². The summed E-state index contributed by atoms with van der Waals surface area (Å²) in [5.74, 6) is 0.0328. The Bertz CT molecular complexity index is 1080. The van der Waals surface area contributed by atoms with E-state index < -0.39 is 0 Å². The van der Waals surface area contributed by atoms with E-state index in [2.05, 4.69) is 82.9 Å². The average molecular weight is 337 g/mol. The van der Waals surface area contributed by atoms with Gasteiger partial charge in [-0.05, 0) is 29.2 Å². The van der Waals surface area contributed by atoms with Gasteiger partial charge in [0.2, 0.25) is 11.8 Å². The molecule has 1 N–H and O–H groups in total. The third-order valence-corrected chi connectivity index (χ3v) is 5.91. The Balaban J connectivity index is 1.64. The molecule has 0 saturated carbocycles. The quantitative estimate of drug-likeness (QED) is 0.678. The lowest BCUT2D eigenvalue weighted by Crippen LogP contribution is -2.33. The zero-order valence-corrected chi connectivity index (χ0v) is 14.1. The molecule has 6 rings (SSSR count). The molecule has 3 nitrogen and oxygen atoms in total. The molecule has 0 aromatic heterocycles. The van der Waals surface area contributed by atoms with Crippen LogP contribution in [0.2, 0.25) is 0 Å². The second-order valence-electron chi connectivity index (χ2n) is 7.22. The van der Waals surface area contributed by atoms with Crippen molar-refractivity contribution in [3.63, 3.8) is 0 Å². The molecule has 3 heteroatoms. The molecule has 1 aliphatic heterocycles. The van der Waals surface area contributed by atoms with E-state index in [0.29, 0.717) is 0 Å². The lowest BCUT2D eigenvalue weighted by atomic mass is 10.0. The van der Waals surface area contributed by atoms with Gasteiger partial charge in [0, 0.05) is 16.7 Å². The molecule has 26 heavy (non-hydrogen) atoms. The molecule has 0 bridgehead atoms. The summed E-state index contributed by atoms with van der Waals surface area (Å²) in [6.45, 7) is 0. The van der Waals surface area contributed by atoms with Gasteiger partial charge in [-0.15, -0.1) is 5.43 Å². The van der Waals surface area contributed by atoms with Crippen molar-refractivity contribution in [3.8, 4) is 11.1 Å². The van der Waals surface area contributed by atoms with Crippen LogP contribution in [0.25, 0.3) is 11.1 Å². The van der Waals surface area contributed by atoms with Gasteiger partial charge < -0.3 is 0 Å². The molecule has 0 radical (unpaired) electrons. The lowest BCUT2D eigenvalue weighted by Gasteiger charge is -2.11. The van der Waals surface area contributed by atoms with E-state index in [0.717, 1.165) is 12.1 Å². The molecule has 0 unspecified atom stereocenters. The predicted molar refractivity (Wildman–Crippen MR) is 99.9 cm³/mol. The first-order valence-electron chi connectivity index (χ1n) is 9.06. The van der Waals surface area contributed by atoms with Gasteiger partial charge in [0.15, 0.2) is 0 Å². The van der Waals surface area contributed by atoms with Crippen LogP contribution in [-0.4, -0.2) is 16.3 Å². The Hall–Kier alpha value is -3.20. The third kappa shape index (κ3) is 1.67. The molecular formula is C23H17N2O+. The highest BCUT2D eigenvalue weighted by Gasteiger charge is 2.51. The maximum Gasteiger partial charge on any atom is 0.288 e. The largest absolute Gasteiger partial charge is 0.288 e. The fourth-order valence-electron chi connectivity index (χ4n) is 4.83. The Labute approximate surface area is 151 Å². The van der Waals surface area contributed by atoms with E-state index in [4.69, 9.17) is 0 Å².